The number of carbonyl (C=O) groups is 1. The molecule has 124 valence electrons. The second kappa shape index (κ2) is 7.41. The molecule has 1 fully saturated rings. The minimum Gasteiger partial charge on any atom is -0.381 e. The minimum atomic E-state index is 0.125. The summed E-state index contributed by atoms with van der Waals surface area (Å²) >= 11 is 1.73. The van der Waals surface area contributed by atoms with Gasteiger partial charge in [0, 0.05) is 49.5 Å². The number of aromatic nitrogens is 1. The minimum absolute atomic E-state index is 0.125. The quantitative estimate of drug-likeness (QED) is 0.727. The normalized spacial score (nSPS) is 18.3. The number of benzene rings is 1. The average molecular weight is 332 g/mol. The highest BCUT2D eigenvalue weighted by Crippen LogP contribution is 2.41. The SMILES string of the molecule is CCCOCCCN1C(=O)CSC1c1cn(C)c2ccccc12. The van der Waals surface area contributed by atoms with Crippen LogP contribution in [-0.4, -0.2) is 40.9 Å². The van der Waals surface area contributed by atoms with E-state index in [2.05, 4.69) is 49.0 Å². The summed E-state index contributed by atoms with van der Waals surface area (Å²) in [6.07, 6.45) is 4.10. The molecule has 1 saturated heterocycles. The van der Waals surface area contributed by atoms with Gasteiger partial charge in [-0.05, 0) is 18.9 Å². The van der Waals surface area contributed by atoms with Crippen molar-refractivity contribution in [2.45, 2.75) is 25.1 Å². The predicted molar refractivity (Wildman–Crippen MR) is 95.6 cm³/mol. The Morgan fingerprint density at radius 3 is 2.96 bits per heavy atom. The molecule has 4 nitrogen and oxygen atoms in total. The van der Waals surface area contributed by atoms with Crippen molar-refractivity contribution in [3.8, 4) is 0 Å². The van der Waals surface area contributed by atoms with Crippen LogP contribution < -0.4 is 0 Å². The zero-order valence-corrected chi connectivity index (χ0v) is 14.6. The fourth-order valence-corrected chi connectivity index (χ4v) is 4.34. The molecule has 1 amide bonds. The monoisotopic (exact) mass is 332 g/mol. The molecule has 5 heteroatoms. The zero-order valence-electron chi connectivity index (χ0n) is 13.8. The lowest BCUT2D eigenvalue weighted by molar-refractivity contribution is -0.128. The number of rotatable bonds is 7. The van der Waals surface area contributed by atoms with Crippen LogP contribution in [0.5, 0.6) is 0 Å². The largest absolute Gasteiger partial charge is 0.381 e. The number of hydrogen-bond donors (Lipinski definition) is 0. The van der Waals surface area contributed by atoms with Crippen molar-refractivity contribution >= 4 is 28.6 Å². The van der Waals surface area contributed by atoms with Crippen LogP contribution in [0.4, 0.5) is 0 Å². The molecule has 1 aliphatic heterocycles. The van der Waals surface area contributed by atoms with E-state index in [-0.39, 0.29) is 11.3 Å². The van der Waals surface area contributed by atoms with Gasteiger partial charge in [-0.2, -0.15) is 0 Å². The first-order chi connectivity index (χ1) is 11.2. The topological polar surface area (TPSA) is 34.5 Å². The molecular formula is C18H24N2O2S. The molecule has 2 aromatic rings. The second-order valence-electron chi connectivity index (χ2n) is 5.93. The molecule has 0 bridgehead atoms. The summed E-state index contributed by atoms with van der Waals surface area (Å²) in [7, 11) is 2.07. The molecule has 0 radical (unpaired) electrons. The molecule has 0 N–H and O–H groups in total. The number of carbonyl (C=O) groups excluding carboxylic acids is 1. The molecule has 0 saturated carbocycles. The van der Waals surface area contributed by atoms with Crippen LogP contribution in [0.3, 0.4) is 0 Å². The Morgan fingerprint density at radius 1 is 1.30 bits per heavy atom. The van der Waals surface area contributed by atoms with Crippen molar-refractivity contribution in [1.82, 2.24) is 9.47 Å². The van der Waals surface area contributed by atoms with E-state index >= 15 is 0 Å². The summed E-state index contributed by atoms with van der Waals surface area (Å²) in [5, 5.41) is 1.37. The molecule has 1 aromatic heterocycles. The maximum atomic E-state index is 12.3. The zero-order chi connectivity index (χ0) is 16.2. The lowest BCUT2D eigenvalue weighted by Crippen LogP contribution is -2.29. The number of ether oxygens (including phenoxy) is 1. The maximum Gasteiger partial charge on any atom is 0.233 e. The van der Waals surface area contributed by atoms with E-state index in [0.29, 0.717) is 5.75 Å². The predicted octanol–water partition coefficient (Wildman–Crippen LogP) is 3.57. The Morgan fingerprint density at radius 2 is 2.13 bits per heavy atom. The van der Waals surface area contributed by atoms with Crippen molar-refractivity contribution in [1.29, 1.82) is 0 Å². The van der Waals surface area contributed by atoms with Gasteiger partial charge in [-0.1, -0.05) is 25.1 Å². The molecule has 1 atom stereocenters. The standard InChI is InChI=1S/C18H24N2O2S/c1-3-10-22-11-6-9-20-17(21)13-23-18(20)15-12-19(2)16-8-5-4-7-14(15)16/h4-5,7-8,12,18H,3,6,9-11,13H2,1-2H3. The van der Waals surface area contributed by atoms with E-state index < -0.39 is 0 Å². The summed E-state index contributed by atoms with van der Waals surface area (Å²) < 4.78 is 7.69. The molecule has 1 aliphatic rings. The van der Waals surface area contributed by atoms with Gasteiger partial charge in [0.15, 0.2) is 0 Å². The van der Waals surface area contributed by atoms with Crippen LogP contribution in [0.2, 0.25) is 0 Å². The summed E-state index contributed by atoms with van der Waals surface area (Å²) in [4.78, 5) is 14.3. The van der Waals surface area contributed by atoms with Gasteiger partial charge in [-0.25, -0.2) is 0 Å². The van der Waals surface area contributed by atoms with Crippen LogP contribution in [0.25, 0.3) is 10.9 Å². The number of thioether (sulfide) groups is 1. The van der Waals surface area contributed by atoms with E-state index in [1.807, 2.05) is 4.90 Å². The Bertz CT molecular complexity index is 683. The van der Waals surface area contributed by atoms with Crippen LogP contribution in [0.15, 0.2) is 30.5 Å². The van der Waals surface area contributed by atoms with Gasteiger partial charge >= 0.3 is 0 Å². The van der Waals surface area contributed by atoms with Crippen molar-refractivity contribution in [2.75, 3.05) is 25.5 Å². The number of nitrogens with zero attached hydrogens (tertiary/aromatic N) is 2. The first-order valence-electron chi connectivity index (χ1n) is 8.25. The van der Waals surface area contributed by atoms with Crippen molar-refractivity contribution in [2.24, 2.45) is 7.05 Å². The van der Waals surface area contributed by atoms with E-state index in [4.69, 9.17) is 4.74 Å². The van der Waals surface area contributed by atoms with Crippen LogP contribution in [0, 0.1) is 0 Å². The highest BCUT2D eigenvalue weighted by atomic mass is 32.2. The molecule has 23 heavy (non-hydrogen) atoms. The third-order valence-electron chi connectivity index (χ3n) is 4.20. The van der Waals surface area contributed by atoms with E-state index in [1.54, 1.807) is 11.8 Å². The summed E-state index contributed by atoms with van der Waals surface area (Å²) in [6.45, 7) is 4.40. The molecular weight excluding hydrogens is 308 g/mol. The van der Waals surface area contributed by atoms with Gasteiger partial charge in [-0.15, -0.1) is 11.8 Å². The molecule has 0 spiro atoms. The molecule has 3 rings (SSSR count). The number of hydrogen-bond acceptors (Lipinski definition) is 3. The van der Waals surface area contributed by atoms with Crippen molar-refractivity contribution in [3.63, 3.8) is 0 Å². The van der Waals surface area contributed by atoms with E-state index in [1.165, 1.54) is 16.5 Å². The van der Waals surface area contributed by atoms with Gasteiger partial charge in [-0.3, -0.25) is 4.79 Å². The Hall–Kier alpha value is -1.46. The van der Waals surface area contributed by atoms with E-state index in [0.717, 1.165) is 32.6 Å². The van der Waals surface area contributed by atoms with E-state index in [9.17, 15) is 4.79 Å². The summed E-state index contributed by atoms with van der Waals surface area (Å²) in [5.74, 6) is 0.812. The maximum absolute atomic E-state index is 12.3. The number of amides is 1. The molecule has 2 heterocycles. The van der Waals surface area contributed by atoms with Crippen LogP contribution >= 0.6 is 11.8 Å². The Kier molecular flexibility index (Phi) is 5.28. The van der Waals surface area contributed by atoms with Gasteiger partial charge in [0.25, 0.3) is 0 Å². The lowest BCUT2D eigenvalue weighted by Gasteiger charge is -2.23. The van der Waals surface area contributed by atoms with Gasteiger partial charge in [0.1, 0.15) is 5.37 Å². The smallest absolute Gasteiger partial charge is 0.233 e. The molecule has 0 aliphatic carbocycles. The highest BCUT2D eigenvalue weighted by Gasteiger charge is 2.34. The van der Waals surface area contributed by atoms with Crippen molar-refractivity contribution < 1.29 is 9.53 Å². The average Bonchev–Trinajstić information content (AvgIpc) is 3.08. The highest BCUT2D eigenvalue weighted by molar-refractivity contribution is 8.00. The summed E-state index contributed by atoms with van der Waals surface area (Å²) in [5.41, 5.74) is 2.46. The third-order valence-corrected chi connectivity index (χ3v) is 5.44. The summed E-state index contributed by atoms with van der Waals surface area (Å²) in [6, 6.07) is 8.40. The number of para-hydroxylation sites is 1. The van der Waals surface area contributed by atoms with Gasteiger partial charge in [0.2, 0.25) is 5.91 Å². The first kappa shape index (κ1) is 16.4. The fraction of sp³-hybridized carbons (Fsp3) is 0.500. The number of aryl methyl sites for hydroxylation is 1. The first-order valence-corrected chi connectivity index (χ1v) is 9.30. The van der Waals surface area contributed by atoms with Crippen LogP contribution in [0.1, 0.15) is 30.7 Å². The Labute approximate surface area is 141 Å². The fourth-order valence-electron chi connectivity index (χ4n) is 3.11. The molecule has 1 aromatic carbocycles. The number of fused-ring (bicyclic) bond motifs is 1. The lowest BCUT2D eigenvalue weighted by atomic mass is 10.1. The molecule has 1 unspecified atom stereocenters. The van der Waals surface area contributed by atoms with Crippen LogP contribution in [-0.2, 0) is 16.6 Å². The van der Waals surface area contributed by atoms with Crippen molar-refractivity contribution in [3.05, 3.63) is 36.0 Å². The second-order valence-corrected chi connectivity index (χ2v) is 7.00. The Balaban J connectivity index is 1.76. The third kappa shape index (κ3) is 3.40. The van der Waals surface area contributed by atoms with Gasteiger partial charge < -0.3 is 14.2 Å². The van der Waals surface area contributed by atoms with Gasteiger partial charge in [0.05, 0.1) is 5.75 Å².